The second-order valence-electron chi connectivity index (χ2n) is 15.3. The van der Waals surface area contributed by atoms with Gasteiger partial charge in [0.15, 0.2) is 0 Å². The van der Waals surface area contributed by atoms with Crippen LogP contribution in [0.1, 0.15) is 148 Å². The van der Waals surface area contributed by atoms with Crippen LogP contribution in [-0.4, -0.2) is 35.0 Å². The van der Waals surface area contributed by atoms with Crippen LogP contribution in [0, 0.1) is 34.1 Å². The number of unbranched alkanes of at least 4 members (excludes halogenated alkanes) is 14. The quantitative estimate of drug-likeness (QED) is 0.0186. The fourth-order valence-electron chi connectivity index (χ4n) is 7.09. The Balaban J connectivity index is 1.38. The molecule has 12 nitrogen and oxygen atoms in total. The molecular weight excluding hydrogens is 765 g/mol. The molecule has 4 aromatic carbocycles. The molecule has 0 heterocycles. The third-order valence-corrected chi connectivity index (χ3v) is 10.4. The van der Waals surface area contributed by atoms with E-state index in [4.69, 9.17) is 18.9 Å². The van der Waals surface area contributed by atoms with Crippen LogP contribution in [0.4, 0.5) is 11.4 Å². The molecule has 0 spiro atoms. The molecule has 0 amide bonds. The highest BCUT2D eigenvalue weighted by Gasteiger charge is 2.30. The molecule has 0 saturated heterocycles. The van der Waals surface area contributed by atoms with Crippen molar-refractivity contribution in [3.8, 4) is 34.1 Å². The maximum Gasteiger partial charge on any atom is 0.343 e. The van der Waals surface area contributed by atoms with Crippen LogP contribution >= 0.6 is 0 Å². The summed E-state index contributed by atoms with van der Waals surface area (Å²) in [6, 6.07) is 17.9. The molecule has 322 valence electrons. The summed E-state index contributed by atoms with van der Waals surface area (Å²) < 4.78 is 22.7. The van der Waals surface area contributed by atoms with Crippen molar-refractivity contribution in [2.75, 3.05) is 13.2 Å². The molecule has 0 N–H and O–H groups in total. The van der Waals surface area contributed by atoms with Gasteiger partial charge in [0.25, 0.3) is 11.4 Å². The molecule has 4 rings (SSSR count). The van der Waals surface area contributed by atoms with E-state index in [0.29, 0.717) is 24.7 Å². The van der Waals surface area contributed by atoms with Crippen molar-refractivity contribution in [2.24, 2.45) is 0 Å². The minimum absolute atomic E-state index is 0.0255. The van der Waals surface area contributed by atoms with Gasteiger partial charge in [-0.25, -0.2) is 9.59 Å². The van der Waals surface area contributed by atoms with Crippen molar-refractivity contribution in [3.05, 3.63) is 115 Å². The van der Waals surface area contributed by atoms with Crippen LogP contribution in [0.15, 0.2) is 72.8 Å². The first-order valence-electron chi connectivity index (χ1n) is 21.5. The summed E-state index contributed by atoms with van der Waals surface area (Å²) >= 11 is 0. The van der Waals surface area contributed by atoms with Gasteiger partial charge < -0.3 is 18.9 Å². The minimum Gasteiger partial charge on any atom is -0.494 e. The van der Waals surface area contributed by atoms with Crippen LogP contribution in [0.5, 0.6) is 23.0 Å². The number of carbonyl (C=O) groups is 2. The van der Waals surface area contributed by atoms with Gasteiger partial charge in [-0.05, 0) is 98.5 Å². The molecule has 0 aliphatic heterocycles. The summed E-state index contributed by atoms with van der Waals surface area (Å²) in [5.41, 5.74) is -0.0893. The van der Waals surface area contributed by atoms with E-state index in [0.717, 1.165) is 37.8 Å². The van der Waals surface area contributed by atoms with Crippen molar-refractivity contribution in [3.63, 3.8) is 0 Å². The lowest BCUT2D eigenvalue weighted by Gasteiger charge is -2.14. The molecule has 12 heteroatoms. The Morgan fingerprint density at radius 3 is 1.10 bits per heavy atom. The minimum atomic E-state index is -0.736. The summed E-state index contributed by atoms with van der Waals surface area (Å²) in [6.45, 7) is 8.64. The molecular formula is C48H60N2O10. The molecule has 0 aliphatic rings. The van der Waals surface area contributed by atoms with Crippen molar-refractivity contribution in [1.29, 1.82) is 0 Å². The van der Waals surface area contributed by atoms with Crippen molar-refractivity contribution >= 4 is 23.3 Å². The van der Waals surface area contributed by atoms with Gasteiger partial charge in [0, 0.05) is 0 Å². The molecule has 0 radical (unpaired) electrons. The van der Waals surface area contributed by atoms with E-state index < -0.39 is 33.2 Å². The molecule has 0 atom stereocenters. The Hall–Kier alpha value is -5.78. The van der Waals surface area contributed by atoms with Gasteiger partial charge in [-0.2, -0.15) is 0 Å². The normalized spacial score (nSPS) is 10.9. The third kappa shape index (κ3) is 14.8. The van der Waals surface area contributed by atoms with Gasteiger partial charge in [-0.15, -0.1) is 0 Å². The summed E-state index contributed by atoms with van der Waals surface area (Å²) in [7, 11) is 0. The number of carbonyl (C=O) groups excluding carboxylic acids is 2. The van der Waals surface area contributed by atoms with Gasteiger partial charge >= 0.3 is 11.9 Å². The average Bonchev–Trinajstić information content (AvgIpc) is 3.22. The molecule has 0 aromatic heterocycles. The molecule has 4 aromatic rings. The first-order chi connectivity index (χ1) is 29.0. The number of nitro benzene ring substituents is 2. The zero-order chi connectivity index (χ0) is 43.3. The van der Waals surface area contributed by atoms with Gasteiger partial charge in [-0.1, -0.05) is 104 Å². The fraction of sp³-hybridized carbons (Fsp3) is 0.458. The zero-order valence-corrected chi connectivity index (χ0v) is 35.6. The Morgan fingerprint density at radius 1 is 0.467 bits per heavy atom. The van der Waals surface area contributed by atoms with E-state index >= 15 is 0 Å². The predicted molar refractivity (Wildman–Crippen MR) is 234 cm³/mol. The highest BCUT2D eigenvalue weighted by atomic mass is 16.6. The fourth-order valence-corrected chi connectivity index (χ4v) is 7.09. The van der Waals surface area contributed by atoms with Crippen LogP contribution < -0.4 is 18.9 Å². The standard InChI is InChI=1S/C48H60N2O10/c1-5-7-9-11-13-15-17-19-29-57-39-25-21-37(22-26-39)47(51)59-41-31-35(3)45(43(33-41)49(53)54)46-36(4)32-42(34-44(46)50(55)56)60-48(52)38-23-27-40(28-24-38)58-30-20-18-16-14-12-10-8-6-2/h21-28,31-34H,5-20,29-30H2,1-4H3. The van der Waals surface area contributed by atoms with Crippen LogP contribution in [-0.2, 0) is 0 Å². The highest BCUT2D eigenvalue weighted by Crippen LogP contribution is 2.44. The molecule has 60 heavy (non-hydrogen) atoms. The Bertz CT molecular complexity index is 1870. The smallest absolute Gasteiger partial charge is 0.343 e. The summed E-state index contributed by atoms with van der Waals surface area (Å²) in [5, 5.41) is 24.8. The number of hydrogen-bond acceptors (Lipinski definition) is 10. The highest BCUT2D eigenvalue weighted by molar-refractivity contribution is 5.93. The number of hydrogen-bond donors (Lipinski definition) is 0. The number of esters is 2. The molecule has 0 unspecified atom stereocenters. The third-order valence-electron chi connectivity index (χ3n) is 10.4. The first-order valence-corrected chi connectivity index (χ1v) is 21.5. The maximum atomic E-state index is 13.1. The lowest BCUT2D eigenvalue weighted by molar-refractivity contribution is -0.386. The van der Waals surface area contributed by atoms with Crippen LogP contribution in [0.25, 0.3) is 11.1 Å². The van der Waals surface area contributed by atoms with Crippen molar-refractivity contribution in [1.82, 2.24) is 0 Å². The van der Waals surface area contributed by atoms with E-state index in [-0.39, 0.29) is 44.9 Å². The van der Waals surface area contributed by atoms with E-state index in [1.54, 1.807) is 62.4 Å². The summed E-state index contributed by atoms with van der Waals surface area (Å²) in [5.74, 6) is -0.434. The second-order valence-corrected chi connectivity index (χ2v) is 15.3. The Kier molecular flexibility index (Phi) is 19.5. The van der Waals surface area contributed by atoms with Crippen molar-refractivity contribution in [2.45, 2.75) is 130 Å². The van der Waals surface area contributed by atoms with E-state index in [1.807, 2.05) is 0 Å². The largest absolute Gasteiger partial charge is 0.494 e. The first kappa shape index (κ1) is 46.9. The van der Waals surface area contributed by atoms with E-state index in [1.165, 1.54) is 89.2 Å². The number of nitrogens with zero attached hydrogens (tertiary/aromatic N) is 2. The average molecular weight is 825 g/mol. The van der Waals surface area contributed by atoms with Gasteiger partial charge in [0.05, 0.1) is 57.4 Å². The maximum absolute atomic E-state index is 13.1. The second kappa shape index (κ2) is 25.0. The number of aryl methyl sites for hydroxylation is 2. The Morgan fingerprint density at radius 2 is 0.783 bits per heavy atom. The molecule has 0 bridgehead atoms. The molecule has 0 aliphatic carbocycles. The van der Waals surface area contributed by atoms with Gasteiger partial charge in [0.2, 0.25) is 0 Å². The number of rotatable bonds is 27. The van der Waals surface area contributed by atoms with Crippen molar-refractivity contribution < 1.29 is 38.4 Å². The van der Waals surface area contributed by atoms with Crippen LogP contribution in [0.3, 0.4) is 0 Å². The van der Waals surface area contributed by atoms with E-state index in [9.17, 15) is 29.8 Å². The van der Waals surface area contributed by atoms with Crippen LogP contribution in [0.2, 0.25) is 0 Å². The summed E-state index contributed by atoms with van der Waals surface area (Å²) in [4.78, 5) is 49.6. The van der Waals surface area contributed by atoms with E-state index in [2.05, 4.69) is 13.8 Å². The van der Waals surface area contributed by atoms with Gasteiger partial charge in [-0.3, -0.25) is 20.2 Å². The number of nitro groups is 2. The lowest BCUT2D eigenvalue weighted by Crippen LogP contribution is -2.10. The predicted octanol–water partition coefficient (Wildman–Crippen LogP) is 13.3. The summed E-state index contributed by atoms with van der Waals surface area (Å²) in [6.07, 6.45) is 19.1. The monoisotopic (exact) mass is 824 g/mol. The molecule has 0 fully saturated rings. The van der Waals surface area contributed by atoms with Gasteiger partial charge in [0.1, 0.15) is 23.0 Å². The molecule has 0 saturated carbocycles. The Labute approximate surface area is 353 Å². The SMILES string of the molecule is CCCCCCCCCCOc1ccc(C(=O)Oc2cc(C)c(-c3c(C)cc(OC(=O)c4ccc(OCCCCCCCCCC)cc4)cc3[N+](=O)[O-])c([N+](=O)[O-])c2)cc1. The number of benzene rings is 4. The topological polar surface area (TPSA) is 157 Å². The number of ether oxygens (including phenoxy) is 4. The zero-order valence-electron chi connectivity index (χ0n) is 35.6. The lowest BCUT2D eigenvalue weighted by atomic mass is 9.93.